The minimum absolute atomic E-state index is 0.337. The van der Waals surface area contributed by atoms with E-state index in [0.717, 1.165) is 5.69 Å². The number of carbonyl (C=O) groups is 1. The predicted octanol–water partition coefficient (Wildman–Crippen LogP) is 2.63. The lowest BCUT2D eigenvalue weighted by atomic mass is 10.2. The molecule has 0 spiro atoms. The quantitative estimate of drug-likeness (QED) is 0.887. The first-order chi connectivity index (χ1) is 10.1. The highest BCUT2D eigenvalue weighted by molar-refractivity contribution is 7.84. The minimum Gasteiger partial charge on any atom is -0.337 e. The average molecular weight is 326 g/mol. The molecule has 0 aliphatic rings. The lowest BCUT2D eigenvalue weighted by Gasteiger charge is -2.13. The number of carbonyl (C=O) groups excluding carboxylic acids is 1. The molecule has 1 aromatic carbocycles. The van der Waals surface area contributed by atoms with Crippen LogP contribution < -0.4 is 10.6 Å². The normalized spacial score (nSPS) is 11.9. The highest BCUT2D eigenvalue weighted by Crippen LogP contribution is 2.24. The van der Waals surface area contributed by atoms with Crippen LogP contribution in [0, 0.1) is 0 Å². The first-order valence-electron chi connectivity index (χ1n) is 6.34. The highest BCUT2D eigenvalue weighted by atomic mass is 35.5. The molecule has 0 saturated heterocycles. The second-order valence-corrected chi connectivity index (χ2v) is 6.40. The van der Waals surface area contributed by atoms with E-state index in [4.69, 9.17) is 11.6 Å². The average Bonchev–Trinajstić information content (AvgIpc) is 2.94. The molecule has 21 heavy (non-hydrogen) atoms. The van der Waals surface area contributed by atoms with E-state index in [1.54, 1.807) is 24.5 Å². The maximum atomic E-state index is 11.8. The molecule has 1 heterocycles. The molecule has 1 aromatic heterocycles. The van der Waals surface area contributed by atoms with E-state index in [-0.39, 0.29) is 6.03 Å². The summed E-state index contributed by atoms with van der Waals surface area (Å²) in [5.74, 6) is 0.429. The molecule has 7 heteroatoms. The summed E-state index contributed by atoms with van der Waals surface area (Å²) >= 11 is 6.01. The number of urea groups is 1. The monoisotopic (exact) mass is 325 g/mol. The summed E-state index contributed by atoms with van der Waals surface area (Å²) in [6.45, 7) is 0.362. The topological polar surface area (TPSA) is 63.1 Å². The third kappa shape index (κ3) is 4.61. The first kappa shape index (κ1) is 15.6. The minimum atomic E-state index is -0.924. The molecule has 1 atom stereocenters. The van der Waals surface area contributed by atoms with Gasteiger partial charge >= 0.3 is 6.03 Å². The molecule has 2 N–H and O–H groups in total. The molecule has 0 aliphatic carbocycles. The molecule has 0 bridgehead atoms. The lowest BCUT2D eigenvalue weighted by molar-refractivity contribution is 0.252. The van der Waals surface area contributed by atoms with Gasteiger partial charge < -0.3 is 15.2 Å². The third-order valence-electron chi connectivity index (χ3n) is 2.77. The zero-order valence-corrected chi connectivity index (χ0v) is 13.1. The van der Waals surface area contributed by atoms with Crippen molar-refractivity contribution in [3.05, 3.63) is 47.7 Å². The molecule has 0 fully saturated rings. The third-order valence-corrected chi connectivity index (χ3v) is 3.78. The predicted molar refractivity (Wildman–Crippen MR) is 86.7 cm³/mol. The Bertz CT molecular complexity index is 644. The summed E-state index contributed by atoms with van der Waals surface area (Å²) in [4.78, 5) is 11.8. The highest BCUT2D eigenvalue weighted by Gasteiger charge is 2.08. The zero-order valence-electron chi connectivity index (χ0n) is 11.5. The SMILES string of the molecule is CS(=O)CCNC(=O)Nc1ccc(Cl)cc1-n1cccc1. The second-order valence-electron chi connectivity index (χ2n) is 4.41. The van der Waals surface area contributed by atoms with Crippen LogP contribution in [0.2, 0.25) is 5.02 Å². The fraction of sp³-hybridized carbons (Fsp3) is 0.214. The Kier molecular flexibility index (Phi) is 5.41. The van der Waals surface area contributed by atoms with Crippen LogP contribution in [0.3, 0.4) is 0 Å². The van der Waals surface area contributed by atoms with Crippen molar-refractivity contribution in [1.82, 2.24) is 9.88 Å². The summed E-state index contributed by atoms with van der Waals surface area (Å²) in [6, 6.07) is 8.68. The van der Waals surface area contributed by atoms with E-state index in [1.807, 2.05) is 29.1 Å². The number of halogens is 1. The Morgan fingerprint density at radius 3 is 2.71 bits per heavy atom. The van der Waals surface area contributed by atoms with Gasteiger partial charge in [-0.25, -0.2) is 4.79 Å². The van der Waals surface area contributed by atoms with Gasteiger partial charge in [-0.05, 0) is 30.3 Å². The van der Waals surface area contributed by atoms with Gasteiger partial charge in [0.2, 0.25) is 0 Å². The Balaban J connectivity index is 2.09. The molecule has 0 saturated carbocycles. The van der Waals surface area contributed by atoms with E-state index >= 15 is 0 Å². The smallest absolute Gasteiger partial charge is 0.319 e. The Morgan fingerprint density at radius 1 is 1.33 bits per heavy atom. The molecular weight excluding hydrogens is 310 g/mol. The van der Waals surface area contributed by atoms with Gasteiger partial charge in [0, 0.05) is 46.8 Å². The van der Waals surface area contributed by atoms with E-state index in [0.29, 0.717) is 23.0 Å². The van der Waals surface area contributed by atoms with E-state index in [2.05, 4.69) is 10.6 Å². The van der Waals surface area contributed by atoms with Crippen LogP contribution in [0.1, 0.15) is 0 Å². The standard InChI is InChI=1S/C14H16ClN3O2S/c1-21(20)9-6-16-14(19)17-12-5-4-11(15)10-13(12)18-7-2-3-8-18/h2-5,7-8,10H,6,9H2,1H3,(H2,16,17,19). The largest absolute Gasteiger partial charge is 0.337 e. The van der Waals surface area contributed by atoms with Gasteiger partial charge in [-0.15, -0.1) is 0 Å². The number of hydrogen-bond donors (Lipinski definition) is 2. The molecular formula is C14H16ClN3O2S. The molecule has 1 unspecified atom stereocenters. The molecule has 2 amide bonds. The molecule has 5 nitrogen and oxygen atoms in total. The van der Waals surface area contributed by atoms with Gasteiger partial charge in [0.15, 0.2) is 0 Å². The number of hydrogen-bond acceptors (Lipinski definition) is 2. The lowest BCUT2D eigenvalue weighted by Crippen LogP contribution is -2.32. The van der Waals surface area contributed by atoms with Gasteiger partial charge in [-0.3, -0.25) is 4.21 Å². The van der Waals surface area contributed by atoms with Gasteiger partial charge in [0.05, 0.1) is 11.4 Å². The Hall–Kier alpha value is -1.79. The van der Waals surface area contributed by atoms with Crippen LogP contribution in [-0.4, -0.2) is 33.4 Å². The first-order valence-corrected chi connectivity index (χ1v) is 8.44. The molecule has 2 rings (SSSR count). The molecule has 2 aromatic rings. The Labute approximate surface area is 130 Å². The molecule has 0 radical (unpaired) electrons. The van der Waals surface area contributed by atoms with Crippen LogP contribution in [0.5, 0.6) is 0 Å². The van der Waals surface area contributed by atoms with E-state index in [9.17, 15) is 9.00 Å². The second kappa shape index (κ2) is 7.28. The van der Waals surface area contributed by atoms with Crippen LogP contribution in [0.25, 0.3) is 5.69 Å². The molecule has 112 valence electrons. The van der Waals surface area contributed by atoms with Gasteiger partial charge in [0.25, 0.3) is 0 Å². The van der Waals surface area contributed by atoms with Crippen LogP contribution in [0.15, 0.2) is 42.7 Å². The van der Waals surface area contributed by atoms with Crippen molar-refractivity contribution in [2.75, 3.05) is 23.9 Å². The van der Waals surface area contributed by atoms with Gasteiger partial charge in [-0.2, -0.15) is 0 Å². The fourth-order valence-electron chi connectivity index (χ4n) is 1.79. The number of aromatic nitrogens is 1. The van der Waals surface area contributed by atoms with Gasteiger partial charge in [-0.1, -0.05) is 11.6 Å². The van der Waals surface area contributed by atoms with Gasteiger partial charge in [0.1, 0.15) is 0 Å². The van der Waals surface area contributed by atoms with Crippen molar-refractivity contribution >= 4 is 34.1 Å². The number of nitrogens with one attached hydrogen (secondary N) is 2. The maximum Gasteiger partial charge on any atom is 0.319 e. The maximum absolute atomic E-state index is 11.8. The number of amides is 2. The Morgan fingerprint density at radius 2 is 2.05 bits per heavy atom. The van der Waals surface area contributed by atoms with E-state index in [1.165, 1.54) is 0 Å². The van der Waals surface area contributed by atoms with Crippen LogP contribution in [0.4, 0.5) is 10.5 Å². The number of rotatable bonds is 5. The van der Waals surface area contributed by atoms with Crippen LogP contribution >= 0.6 is 11.6 Å². The van der Waals surface area contributed by atoms with Crippen molar-refractivity contribution in [3.63, 3.8) is 0 Å². The zero-order chi connectivity index (χ0) is 15.2. The molecule has 0 aliphatic heterocycles. The van der Waals surface area contributed by atoms with E-state index < -0.39 is 10.8 Å². The summed E-state index contributed by atoms with van der Waals surface area (Å²) < 4.78 is 12.8. The fourth-order valence-corrected chi connectivity index (χ4v) is 2.35. The number of nitrogens with zero attached hydrogens (tertiary/aromatic N) is 1. The van der Waals surface area contributed by atoms with Crippen molar-refractivity contribution in [2.24, 2.45) is 0 Å². The summed E-state index contributed by atoms with van der Waals surface area (Å²) in [5, 5.41) is 6.02. The van der Waals surface area contributed by atoms with Crippen LogP contribution in [-0.2, 0) is 10.8 Å². The van der Waals surface area contributed by atoms with Crippen molar-refractivity contribution in [3.8, 4) is 5.69 Å². The van der Waals surface area contributed by atoms with Crippen molar-refractivity contribution < 1.29 is 9.00 Å². The summed E-state index contributed by atoms with van der Waals surface area (Å²) in [5.41, 5.74) is 1.42. The number of anilines is 1. The number of benzene rings is 1. The van der Waals surface area contributed by atoms with Crippen molar-refractivity contribution in [2.45, 2.75) is 0 Å². The summed E-state index contributed by atoms with van der Waals surface area (Å²) in [6.07, 6.45) is 5.34. The summed E-state index contributed by atoms with van der Waals surface area (Å²) in [7, 11) is -0.924. The van der Waals surface area contributed by atoms with Crippen molar-refractivity contribution in [1.29, 1.82) is 0 Å².